The molecule has 23 heavy (non-hydrogen) atoms. The largest absolute Gasteiger partial charge is 0.366 e. The van der Waals surface area contributed by atoms with Crippen molar-refractivity contribution < 1.29 is 22.3 Å². The quantitative estimate of drug-likeness (QED) is 0.606. The van der Waals surface area contributed by atoms with Gasteiger partial charge in [-0.25, -0.2) is 5.48 Å². The molecule has 2 rings (SSSR count). The maximum atomic E-state index is 12.2. The first kappa shape index (κ1) is 16.7. The minimum atomic E-state index is -3.96. The van der Waals surface area contributed by atoms with E-state index in [1.54, 1.807) is 24.3 Å². The molecule has 120 valence electrons. The Morgan fingerprint density at radius 3 is 2.35 bits per heavy atom. The lowest BCUT2D eigenvalue weighted by Crippen LogP contribution is -2.28. The Bertz CT molecular complexity index is 885. The zero-order valence-corrected chi connectivity index (χ0v) is 12.8. The molecule has 0 bridgehead atoms. The molecule has 2 amide bonds. The molecule has 0 spiro atoms. The molecule has 0 radical (unpaired) electrons. The van der Waals surface area contributed by atoms with E-state index >= 15 is 0 Å². The van der Waals surface area contributed by atoms with Crippen molar-refractivity contribution in [3.8, 4) is 0 Å². The summed E-state index contributed by atoms with van der Waals surface area (Å²) in [5.74, 6) is -1.96. The zero-order valence-electron chi connectivity index (χ0n) is 12.0. The molecule has 0 unspecified atom stereocenters. The van der Waals surface area contributed by atoms with Crippen molar-refractivity contribution in [1.29, 1.82) is 0 Å². The highest BCUT2D eigenvalue weighted by Gasteiger charge is 2.18. The van der Waals surface area contributed by atoms with E-state index in [0.29, 0.717) is 10.8 Å². The summed E-state index contributed by atoms with van der Waals surface area (Å²) in [5, 5.41) is 0.938. The van der Waals surface area contributed by atoms with Crippen molar-refractivity contribution in [3.05, 3.63) is 60.2 Å². The van der Waals surface area contributed by atoms with Gasteiger partial charge in [0.15, 0.2) is 0 Å². The van der Waals surface area contributed by atoms with Gasteiger partial charge in [0.05, 0.1) is 11.3 Å². The standard InChI is InChI=1S/C15H14N2O5S/c1-2-9-23(20,21)22-17-15(19)12-8-4-6-10-5-3-7-11(13(10)12)14(16)18/h2-8H,1,9H2,(H2,16,18)(H,17,19). The van der Waals surface area contributed by atoms with Gasteiger partial charge in [0.2, 0.25) is 5.91 Å². The van der Waals surface area contributed by atoms with Crippen LogP contribution in [0.1, 0.15) is 20.7 Å². The van der Waals surface area contributed by atoms with E-state index in [4.69, 9.17) is 5.73 Å². The molecular formula is C15H14N2O5S. The first-order chi connectivity index (χ1) is 10.9. The Hall–Kier alpha value is -2.71. The molecule has 0 aliphatic rings. The lowest BCUT2D eigenvalue weighted by Gasteiger charge is -2.10. The molecular weight excluding hydrogens is 320 g/mol. The van der Waals surface area contributed by atoms with E-state index in [9.17, 15) is 18.0 Å². The van der Waals surface area contributed by atoms with Crippen LogP contribution in [0.2, 0.25) is 0 Å². The highest BCUT2D eigenvalue weighted by atomic mass is 32.2. The number of hydrogen-bond donors (Lipinski definition) is 2. The number of hydroxylamine groups is 1. The summed E-state index contributed by atoms with van der Waals surface area (Å²) in [6, 6.07) is 9.56. The van der Waals surface area contributed by atoms with Crippen molar-refractivity contribution in [2.75, 3.05) is 5.75 Å². The molecule has 3 N–H and O–H groups in total. The second-order valence-electron chi connectivity index (χ2n) is 4.60. The van der Waals surface area contributed by atoms with Crippen molar-refractivity contribution in [3.63, 3.8) is 0 Å². The van der Waals surface area contributed by atoms with E-state index in [0.717, 1.165) is 6.08 Å². The van der Waals surface area contributed by atoms with Crippen LogP contribution in [-0.2, 0) is 14.4 Å². The van der Waals surface area contributed by atoms with E-state index in [-0.39, 0.29) is 11.1 Å². The van der Waals surface area contributed by atoms with Crippen LogP contribution in [0.4, 0.5) is 0 Å². The predicted octanol–water partition coefficient (Wildman–Crippen LogP) is 1.12. The molecule has 0 fully saturated rings. The van der Waals surface area contributed by atoms with Gasteiger partial charge < -0.3 is 5.73 Å². The van der Waals surface area contributed by atoms with Gasteiger partial charge in [-0.05, 0) is 17.5 Å². The number of primary amides is 1. The Morgan fingerprint density at radius 1 is 1.17 bits per heavy atom. The molecule has 2 aromatic rings. The summed E-state index contributed by atoms with van der Waals surface area (Å²) in [5.41, 5.74) is 7.41. The summed E-state index contributed by atoms with van der Waals surface area (Å²) >= 11 is 0. The molecule has 0 aromatic heterocycles. The maximum Gasteiger partial charge on any atom is 0.291 e. The predicted molar refractivity (Wildman–Crippen MR) is 85.0 cm³/mol. The highest BCUT2D eigenvalue weighted by Crippen LogP contribution is 2.23. The summed E-state index contributed by atoms with van der Waals surface area (Å²) in [6.07, 6.45) is 1.13. The fraction of sp³-hybridized carbons (Fsp3) is 0.0667. The monoisotopic (exact) mass is 334 g/mol. The number of benzene rings is 2. The van der Waals surface area contributed by atoms with Gasteiger partial charge in [0.25, 0.3) is 16.0 Å². The third-order valence-electron chi connectivity index (χ3n) is 3.00. The lowest BCUT2D eigenvalue weighted by atomic mass is 9.98. The van der Waals surface area contributed by atoms with Crippen LogP contribution < -0.4 is 11.2 Å². The van der Waals surface area contributed by atoms with Gasteiger partial charge in [0.1, 0.15) is 0 Å². The molecule has 0 atom stereocenters. The molecule has 0 aliphatic heterocycles. The number of nitrogens with one attached hydrogen (secondary N) is 1. The number of nitrogens with two attached hydrogens (primary N) is 1. The topological polar surface area (TPSA) is 116 Å². The zero-order chi connectivity index (χ0) is 17.0. The number of hydrogen-bond acceptors (Lipinski definition) is 5. The van der Waals surface area contributed by atoms with Crippen molar-refractivity contribution in [2.24, 2.45) is 5.73 Å². The van der Waals surface area contributed by atoms with E-state index in [2.05, 4.69) is 10.9 Å². The normalized spacial score (nSPS) is 11.1. The Kier molecular flexibility index (Phi) is 4.77. The third kappa shape index (κ3) is 3.74. The molecule has 0 aliphatic carbocycles. The average Bonchev–Trinajstić information content (AvgIpc) is 2.51. The summed E-state index contributed by atoms with van der Waals surface area (Å²) in [7, 11) is -3.96. The van der Waals surface area contributed by atoms with E-state index in [1.807, 2.05) is 5.48 Å². The third-order valence-corrected chi connectivity index (χ3v) is 3.98. The Morgan fingerprint density at radius 2 is 1.78 bits per heavy atom. The first-order valence-electron chi connectivity index (χ1n) is 6.49. The van der Waals surface area contributed by atoms with Crippen molar-refractivity contribution >= 4 is 32.7 Å². The van der Waals surface area contributed by atoms with Crippen molar-refractivity contribution in [2.45, 2.75) is 0 Å². The van der Waals surface area contributed by atoms with E-state index < -0.39 is 27.7 Å². The minimum absolute atomic E-state index is 0.0747. The second kappa shape index (κ2) is 6.59. The molecule has 0 saturated heterocycles. The minimum Gasteiger partial charge on any atom is -0.366 e. The lowest BCUT2D eigenvalue weighted by molar-refractivity contribution is 0.0773. The number of amides is 2. The average molecular weight is 334 g/mol. The fourth-order valence-corrected chi connectivity index (χ4v) is 2.63. The second-order valence-corrected chi connectivity index (χ2v) is 6.22. The van der Waals surface area contributed by atoms with Crippen LogP contribution in [0.15, 0.2) is 49.1 Å². The van der Waals surface area contributed by atoms with Crippen LogP contribution in [0.3, 0.4) is 0 Å². The first-order valence-corrected chi connectivity index (χ1v) is 8.07. The van der Waals surface area contributed by atoms with Gasteiger partial charge in [-0.1, -0.05) is 30.3 Å². The molecule has 7 nitrogen and oxygen atoms in total. The molecule has 0 saturated carbocycles. The van der Waals surface area contributed by atoms with Crippen molar-refractivity contribution in [1.82, 2.24) is 5.48 Å². The molecule has 8 heteroatoms. The van der Waals surface area contributed by atoms with Crippen LogP contribution >= 0.6 is 0 Å². The van der Waals surface area contributed by atoms with Crippen LogP contribution in [0, 0.1) is 0 Å². The fourth-order valence-electron chi connectivity index (χ4n) is 2.07. The number of rotatable bonds is 6. The SMILES string of the molecule is C=CCS(=O)(=O)ONC(=O)c1cccc2cccc(C(N)=O)c12. The Balaban J connectivity index is 2.41. The highest BCUT2D eigenvalue weighted by molar-refractivity contribution is 7.86. The Labute approximate surface area is 132 Å². The summed E-state index contributed by atoms with van der Waals surface area (Å²) < 4.78 is 27.3. The van der Waals surface area contributed by atoms with Gasteiger partial charge in [-0.3, -0.25) is 9.59 Å². The van der Waals surface area contributed by atoms with Gasteiger partial charge >= 0.3 is 0 Å². The van der Waals surface area contributed by atoms with Gasteiger partial charge in [-0.15, -0.1) is 10.9 Å². The van der Waals surface area contributed by atoms with E-state index in [1.165, 1.54) is 12.1 Å². The smallest absolute Gasteiger partial charge is 0.291 e. The summed E-state index contributed by atoms with van der Waals surface area (Å²) in [4.78, 5) is 23.8. The number of carbonyl (C=O) groups excluding carboxylic acids is 2. The number of carbonyl (C=O) groups is 2. The molecule has 0 heterocycles. The number of fused-ring (bicyclic) bond motifs is 1. The maximum absolute atomic E-state index is 12.2. The van der Waals surface area contributed by atoms with Crippen LogP contribution in [-0.4, -0.2) is 26.0 Å². The van der Waals surface area contributed by atoms with Gasteiger partial charge in [-0.2, -0.15) is 8.42 Å². The van der Waals surface area contributed by atoms with Gasteiger partial charge in [0, 0.05) is 10.9 Å². The summed E-state index contributed by atoms with van der Waals surface area (Å²) in [6.45, 7) is 3.28. The van der Waals surface area contributed by atoms with Crippen LogP contribution in [0.25, 0.3) is 10.8 Å². The van der Waals surface area contributed by atoms with Crippen LogP contribution in [0.5, 0.6) is 0 Å². The molecule has 2 aromatic carbocycles.